The Balaban J connectivity index is 1.33. The van der Waals surface area contributed by atoms with E-state index in [2.05, 4.69) is 15.4 Å². The fraction of sp³-hybridized carbons (Fsp3) is 0.386. The van der Waals surface area contributed by atoms with E-state index >= 15 is 0 Å². The van der Waals surface area contributed by atoms with Crippen molar-refractivity contribution < 1.29 is 65.9 Å². The Morgan fingerprint density at radius 2 is 1.53 bits per heavy atom. The lowest BCUT2D eigenvalue weighted by Crippen LogP contribution is -2.44. The third kappa shape index (κ3) is 12.6. The molecule has 1 saturated heterocycles. The summed E-state index contributed by atoms with van der Waals surface area (Å²) < 4.78 is 66.7. The molecular weight excluding hydrogens is 789 g/mol. The third-order valence-corrected chi connectivity index (χ3v) is 9.24. The van der Waals surface area contributed by atoms with Gasteiger partial charge in [0.2, 0.25) is 17.6 Å². The largest absolute Gasteiger partial charge is 0.460 e. The quantitative estimate of drug-likeness (QED) is 0.0951. The van der Waals surface area contributed by atoms with Gasteiger partial charge in [-0.25, -0.2) is 9.59 Å². The van der Waals surface area contributed by atoms with Crippen LogP contribution in [0.1, 0.15) is 73.5 Å². The Morgan fingerprint density at radius 1 is 0.900 bits per heavy atom. The number of hydrogen-bond donors (Lipinski definition) is 3. The maximum absolute atomic E-state index is 13.9. The second kappa shape index (κ2) is 19.9. The van der Waals surface area contributed by atoms with Crippen molar-refractivity contribution in [2.24, 2.45) is 0 Å². The van der Waals surface area contributed by atoms with Crippen LogP contribution in [0.25, 0.3) is 6.08 Å². The van der Waals surface area contributed by atoms with Crippen LogP contribution in [0.4, 0.5) is 13.2 Å². The highest BCUT2D eigenvalue weighted by Gasteiger charge is 2.55. The second-order valence-corrected chi connectivity index (χ2v) is 15.1. The molecule has 0 radical (unpaired) electrons. The number of alkyl halides is 3. The first-order chi connectivity index (χ1) is 28.5. The van der Waals surface area contributed by atoms with Gasteiger partial charge in [-0.15, -0.1) is 0 Å². The topological polar surface area (TPSA) is 176 Å². The number of carbonyl (C=O) groups excluding carboxylic acids is 5. The van der Waals surface area contributed by atoms with Crippen LogP contribution in [0.5, 0.6) is 0 Å². The molecule has 0 saturated carbocycles. The summed E-state index contributed by atoms with van der Waals surface area (Å²) in [7, 11) is 0. The average Bonchev–Trinajstić information content (AvgIpc) is 3.62. The number of amides is 2. The highest BCUT2D eigenvalue weighted by Crippen LogP contribution is 2.47. The lowest BCUT2D eigenvalue weighted by molar-refractivity contribution is -0.182. The molecule has 0 aromatic heterocycles. The van der Waals surface area contributed by atoms with Crippen LogP contribution in [0.15, 0.2) is 103 Å². The van der Waals surface area contributed by atoms with E-state index in [1.807, 2.05) is 60.7 Å². The van der Waals surface area contributed by atoms with Gasteiger partial charge in [0.05, 0.1) is 18.2 Å². The van der Waals surface area contributed by atoms with E-state index in [1.54, 1.807) is 32.9 Å². The molecule has 1 heterocycles. The fourth-order valence-electron chi connectivity index (χ4n) is 6.58. The number of rotatable bonds is 16. The number of aliphatic hydroxyl groups is 1. The molecule has 0 spiro atoms. The van der Waals surface area contributed by atoms with Gasteiger partial charge >= 0.3 is 24.1 Å². The summed E-state index contributed by atoms with van der Waals surface area (Å²) in [5.41, 5.74) is 0.847. The van der Waals surface area contributed by atoms with Crippen LogP contribution in [0.3, 0.4) is 0 Å². The van der Waals surface area contributed by atoms with Crippen molar-refractivity contribution in [2.75, 3.05) is 19.8 Å². The van der Waals surface area contributed by atoms with Crippen LogP contribution in [-0.2, 0) is 48.6 Å². The summed E-state index contributed by atoms with van der Waals surface area (Å²) in [6.45, 7) is 2.89. The minimum Gasteiger partial charge on any atom is -0.460 e. The van der Waals surface area contributed by atoms with E-state index in [9.17, 15) is 42.3 Å². The van der Waals surface area contributed by atoms with Crippen molar-refractivity contribution in [3.05, 3.63) is 125 Å². The van der Waals surface area contributed by atoms with Gasteiger partial charge in [-0.1, -0.05) is 78.9 Å². The first kappa shape index (κ1) is 45.2. The van der Waals surface area contributed by atoms with Crippen molar-refractivity contribution in [1.29, 1.82) is 0 Å². The Bertz CT molecular complexity index is 2010. The Morgan fingerprint density at radius 3 is 2.15 bits per heavy atom. The minimum absolute atomic E-state index is 0.0224. The maximum atomic E-state index is 13.9. The molecule has 1 aliphatic heterocycles. The summed E-state index contributed by atoms with van der Waals surface area (Å²) in [6, 6.07) is 23.4. The Kier molecular flexibility index (Phi) is 15.0. The molecule has 2 aliphatic rings. The molecule has 1 aliphatic carbocycles. The van der Waals surface area contributed by atoms with E-state index in [1.165, 1.54) is 18.2 Å². The number of halogens is 3. The van der Waals surface area contributed by atoms with Gasteiger partial charge in [0, 0.05) is 48.6 Å². The molecule has 16 heteroatoms. The van der Waals surface area contributed by atoms with Gasteiger partial charge in [0.15, 0.2) is 6.61 Å². The minimum atomic E-state index is -4.72. The number of ether oxygens (including phenoxy) is 5. The number of aliphatic hydroxyl groups excluding tert-OH is 1. The SMILES string of the molecule is CC(C)(C)OC(=O)CC[C@@H](CO)NC(=O)CCNC(=O)C1=C[C@H]2OC(c3ccccc3)(c3ccccc3)O[C@H]2[C@H](OC(=O)c2ccccc2C=CC(=O)OCC(F)(F)F)C1. The monoisotopic (exact) mass is 836 g/mol. The van der Waals surface area contributed by atoms with Crippen molar-refractivity contribution >= 4 is 35.8 Å². The zero-order chi connectivity index (χ0) is 43.5. The van der Waals surface area contributed by atoms with E-state index in [-0.39, 0.29) is 48.9 Å². The summed E-state index contributed by atoms with van der Waals surface area (Å²) >= 11 is 0. The zero-order valence-electron chi connectivity index (χ0n) is 33.2. The van der Waals surface area contributed by atoms with Gasteiger partial charge in [-0.05, 0) is 51.0 Å². The molecule has 1 fully saturated rings. The molecule has 3 aromatic carbocycles. The van der Waals surface area contributed by atoms with Gasteiger partial charge in [-0.3, -0.25) is 14.4 Å². The summed E-state index contributed by atoms with van der Waals surface area (Å²) in [4.78, 5) is 64.4. The molecular formula is C44H47F3N2O11. The lowest BCUT2D eigenvalue weighted by atomic mass is 9.91. The van der Waals surface area contributed by atoms with Crippen molar-refractivity contribution in [1.82, 2.24) is 10.6 Å². The summed E-state index contributed by atoms with van der Waals surface area (Å²) in [5.74, 6) is -5.18. The zero-order valence-corrected chi connectivity index (χ0v) is 33.2. The molecule has 320 valence electrons. The molecule has 5 rings (SSSR count). The lowest BCUT2D eigenvalue weighted by Gasteiger charge is -2.31. The van der Waals surface area contributed by atoms with E-state index in [0.29, 0.717) is 11.1 Å². The predicted octanol–water partition coefficient (Wildman–Crippen LogP) is 5.45. The molecule has 0 bridgehead atoms. The normalized spacial score (nSPS) is 19.1. The standard InChI is InChI=1S/C44H47F3N2O11/c1-42(2,3)59-38(53)21-19-32(26-50)49-36(51)22-23-48-40(54)29-24-34(57-41(55)33-17-11-10-12-28(33)18-20-37(52)56-27-43(45,46)47)39-35(25-29)58-44(60-39,30-13-6-4-7-14-30)31-15-8-5-9-16-31/h4-18,20,25,32,34-35,39,50H,19,21-24,26-27H2,1-3H3,(H,48,54)(H,49,51)/t32-,34+,35+,39-/m0/s1. The molecule has 3 aromatic rings. The fourth-order valence-corrected chi connectivity index (χ4v) is 6.58. The van der Waals surface area contributed by atoms with Crippen molar-refractivity contribution in [3.8, 4) is 0 Å². The van der Waals surface area contributed by atoms with Crippen LogP contribution < -0.4 is 10.6 Å². The van der Waals surface area contributed by atoms with E-state index in [0.717, 1.165) is 12.2 Å². The number of carbonyl (C=O) groups is 5. The van der Waals surface area contributed by atoms with Gasteiger partial charge in [0.1, 0.15) is 23.9 Å². The van der Waals surface area contributed by atoms with Crippen LogP contribution in [0, 0.1) is 0 Å². The average molecular weight is 837 g/mol. The van der Waals surface area contributed by atoms with E-state index < -0.39 is 84.9 Å². The first-order valence-corrected chi connectivity index (χ1v) is 19.3. The van der Waals surface area contributed by atoms with Gasteiger partial charge in [-0.2, -0.15) is 13.2 Å². The van der Waals surface area contributed by atoms with Crippen LogP contribution in [-0.4, -0.2) is 90.7 Å². The van der Waals surface area contributed by atoms with E-state index in [4.69, 9.17) is 18.9 Å². The number of benzene rings is 3. The smallest absolute Gasteiger partial charge is 0.422 e. The van der Waals surface area contributed by atoms with Gasteiger partial charge in [0.25, 0.3) is 0 Å². The maximum Gasteiger partial charge on any atom is 0.422 e. The molecule has 3 N–H and O–H groups in total. The number of fused-ring (bicyclic) bond motifs is 1. The van der Waals surface area contributed by atoms with Gasteiger partial charge < -0.3 is 39.4 Å². The number of hydrogen-bond acceptors (Lipinski definition) is 11. The van der Waals surface area contributed by atoms with Crippen molar-refractivity contribution in [3.63, 3.8) is 0 Å². The predicted molar refractivity (Wildman–Crippen MR) is 210 cm³/mol. The molecule has 60 heavy (non-hydrogen) atoms. The highest BCUT2D eigenvalue weighted by molar-refractivity contribution is 5.97. The molecule has 13 nitrogen and oxygen atoms in total. The second-order valence-electron chi connectivity index (χ2n) is 15.1. The molecule has 4 atom stereocenters. The van der Waals surface area contributed by atoms with Crippen LogP contribution >= 0.6 is 0 Å². The molecule has 2 amide bonds. The highest BCUT2D eigenvalue weighted by atomic mass is 19.4. The Hall–Kier alpha value is -5.84. The van der Waals surface area contributed by atoms with Crippen LogP contribution in [0.2, 0.25) is 0 Å². The van der Waals surface area contributed by atoms with Crippen molar-refractivity contribution in [2.45, 2.75) is 88.4 Å². The number of esters is 3. The summed E-state index contributed by atoms with van der Waals surface area (Å²) in [6.07, 6.45) is -4.45. The third-order valence-electron chi connectivity index (χ3n) is 9.24. The first-order valence-electron chi connectivity index (χ1n) is 19.3. The number of nitrogens with one attached hydrogen (secondary N) is 2. The molecule has 0 unspecified atom stereocenters. The Labute approximate surface area is 344 Å². The summed E-state index contributed by atoms with van der Waals surface area (Å²) in [5, 5.41) is 15.1.